The summed E-state index contributed by atoms with van der Waals surface area (Å²) in [6, 6.07) is 4.68. The van der Waals surface area contributed by atoms with Crippen LogP contribution in [-0.2, 0) is 9.31 Å². The third-order valence-electron chi connectivity index (χ3n) is 3.70. The van der Waals surface area contributed by atoms with Crippen molar-refractivity contribution in [3.63, 3.8) is 0 Å². The Hall–Kier alpha value is -1.31. The van der Waals surface area contributed by atoms with Gasteiger partial charge in [0.05, 0.1) is 16.8 Å². The van der Waals surface area contributed by atoms with E-state index < -0.39 is 24.1 Å². The highest BCUT2D eigenvalue weighted by atomic mass is 19.1. The van der Waals surface area contributed by atoms with E-state index in [0.717, 1.165) is 0 Å². The number of benzene rings is 1. The summed E-state index contributed by atoms with van der Waals surface area (Å²) in [5, 5.41) is 0. The molecule has 2 nitrogen and oxygen atoms in total. The van der Waals surface area contributed by atoms with Gasteiger partial charge in [0.1, 0.15) is 5.82 Å². The number of terminal acetylenes is 1. The molecule has 0 atom stereocenters. The van der Waals surface area contributed by atoms with Gasteiger partial charge in [0.25, 0.3) is 0 Å². The van der Waals surface area contributed by atoms with Crippen LogP contribution < -0.4 is 5.46 Å². The molecule has 0 bridgehead atoms. The van der Waals surface area contributed by atoms with Gasteiger partial charge in [-0.25, -0.2) is 4.39 Å². The second kappa shape index (κ2) is 4.12. The molecule has 1 fully saturated rings. The van der Waals surface area contributed by atoms with Crippen molar-refractivity contribution in [1.29, 1.82) is 0 Å². The van der Waals surface area contributed by atoms with Crippen molar-refractivity contribution in [1.82, 2.24) is 0 Å². The van der Waals surface area contributed by atoms with E-state index in [0.29, 0.717) is 5.46 Å². The van der Waals surface area contributed by atoms with E-state index >= 15 is 0 Å². The van der Waals surface area contributed by atoms with Crippen LogP contribution in [0.1, 0.15) is 33.3 Å². The average molecular weight is 246 g/mol. The molecule has 4 heteroatoms. The van der Waals surface area contributed by atoms with Gasteiger partial charge in [-0.05, 0) is 33.8 Å². The van der Waals surface area contributed by atoms with Crippen LogP contribution in [0, 0.1) is 18.2 Å². The van der Waals surface area contributed by atoms with Gasteiger partial charge in [-0.2, -0.15) is 0 Å². The van der Waals surface area contributed by atoms with E-state index in [1.54, 1.807) is 12.1 Å². The van der Waals surface area contributed by atoms with Gasteiger partial charge in [-0.15, -0.1) is 6.42 Å². The molecule has 1 aliphatic heterocycles. The molecule has 1 aliphatic rings. The minimum absolute atomic E-state index is 0.205. The summed E-state index contributed by atoms with van der Waals surface area (Å²) < 4.78 is 25.4. The number of rotatable bonds is 1. The van der Waals surface area contributed by atoms with Gasteiger partial charge in [0, 0.05) is 5.46 Å². The lowest BCUT2D eigenvalue weighted by molar-refractivity contribution is 0.00578. The van der Waals surface area contributed by atoms with E-state index in [2.05, 4.69) is 5.92 Å². The summed E-state index contributed by atoms with van der Waals surface area (Å²) in [4.78, 5) is 0. The minimum atomic E-state index is -0.628. The first-order chi connectivity index (χ1) is 8.28. The first-order valence-electron chi connectivity index (χ1n) is 5.89. The second-order valence-electron chi connectivity index (χ2n) is 5.44. The van der Waals surface area contributed by atoms with Gasteiger partial charge in [-0.1, -0.05) is 18.1 Å². The summed E-state index contributed by atoms with van der Waals surface area (Å²) in [6.45, 7) is 7.79. The molecule has 0 spiro atoms. The maximum absolute atomic E-state index is 13.6. The zero-order chi connectivity index (χ0) is 13.6. The molecule has 1 aromatic rings. The van der Waals surface area contributed by atoms with E-state index in [1.165, 1.54) is 6.07 Å². The molecule has 18 heavy (non-hydrogen) atoms. The van der Waals surface area contributed by atoms with E-state index in [-0.39, 0.29) is 5.56 Å². The third-order valence-corrected chi connectivity index (χ3v) is 3.70. The molecule has 1 saturated heterocycles. The van der Waals surface area contributed by atoms with Crippen LogP contribution in [0.15, 0.2) is 18.2 Å². The molecule has 0 aromatic heterocycles. The largest absolute Gasteiger partial charge is 0.496 e. The summed E-state index contributed by atoms with van der Waals surface area (Å²) >= 11 is 0. The molecule has 0 aliphatic carbocycles. The molecule has 1 aromatic carbocycles. The van der Waals surface area contributed by atoms with Crippen molar-refractivity contribution >= 4 is 12.6 Å². The quantitative estimate of drug-likeness (QED) is 0.558. The van der Waals surface area contributed by atoms with Gasteiger partial charge in [0.15, 0.2) is 0 Å². The van der Waals surface area contributed by atoms with Crippen molar-refractivity contribution in [3.8, 4) is 12.3 Å². The first-order valence-corrected chi connectivity index (χ1v) is 5.89. The molecule has 0 unspecified atom stereocenters. The molecular formula is C14H16BFO2. The Morgan fingerprint density at radius 1 is 1.17 bits per heavy atom. The van der Waals surface area contributed by atoms with Crippen LogP contribution in [0.3, 0.4) is 0 Å². The fourth-order valence-electron chi connectivity index (χ4n) is 1.86. The second-order valence-corrected chi connectivity index (χ2v) is 5.44. The Kier molecular flexibility index (Phi) is 3.00. The predicted octanol–water partition coefficient (Wildman–Crippen LogP) is 2.11. The third kappa shape index (κ3) is 1.94. The molecular weight excluding hydrogens is 230 g/mol. The van der Waals surface area contributed by atoms with E-state index in [4.69, 9.17) is 15.7 Å². The average Bonchev–Trinajstić information content (AvgIpc) is 2.47. The molecule has 1 heterocycles. The van der Waals surface area contributed by atoms with Crippen LogP contribution in [0.5, 0.6) is 0 Å². The summed E-state index contributed by atoms with van der Waals surface area (Å²) in [5.74, 6) is 1.93. The molecule has 94 valence electrons. The molecule has 0 amide bonds. The van der Waals surface area contributed by atoms with Crippen molar-refractivity contribution in [2.24, 2.45) is 0 Å². The Balaban J connectivity index is 2.42. The summed E-state index contributed by atoms with van der Waals surface area (Å²) in [7, 11) is -0.628. The van der Waals surface area contributed by atoms with Gasteiger partial charge in [0.2, 0.25) is 0 Å². The first kappa shape index (κ1) is 13.1. The highest BCUT2D eigenvalue weighted by molar-refractivity contribution is 6.62. The molecule has 0 radical (unpaired) electrons. The van der Waals surface area contributed by atoms with E-state index in [1.807, 2.05) is 27.7 Å². The lowest BCUT2D eigenvalue weighted by Crippen LogP contribution is -2.41. The number of halogens is 1. The Labute approximate surface area is 108 Å². The van der Waals surface area contributed by atoms with Crippen molar-refractivity contribution < 1.29 is 13.7 Å². The highest BCUT2D eigenvalue weighted by Crippen LogP contribution is 2.36. The van der Waals surface area contributed by atoms with Gasteiger partial charge >= 0.3 is 7.12 Å². The normalized spacial score (nSPS) is 20.8. The molecule has 2 rings (SSSR count). The zero-order valence-corrected chi connectivity index (χ0v) is 11.1. The van der Waals surface area contributed by atoms with Crippen LogP contribution in [0.4, 0.5) is 4.39 Å². The van der Waals surface area contributed by atoms with Crippen molar-refractivity contribution in [3.05, 3.63) is 29.6 Å². The fourth-order valence-corrected chi connectivity index (χ4v) is 1.86. The van der Waals surface area contributed by atoms with Gasteiger partial charge in [-0.3, -0.25) is 0 Å². The monoisotopic (exact) mass is 246 g/mol. The Bertz CT molecular complexity index is 501. The maximum atomic E-state index is 13.6. The summed E-state index contributed by atoms with van der Waals surface area (Å²) in [6.07, 6.45) is 5.35. The smallest absolute Gasteiger partial charge is 0.399 e. The Morgan fingerprint density at radius 3 is 2.22 bits per heavy atom. The van der Waals surface area contributed by atoms with Crippen molar-refractivity contribution in [2.45, 2.75) is 38.9 Å². The summed E-state index contributed by atoms with van der Waals surface area (Å²) in [5.41, 5.74) is -0.154. The lowest BCUT2D eigenvalue weighted by Gasteiger charge is -2.32. The lowest BCUT2D eigenvalue weighted by atomic mass is 9.76. The fraction of sp³-hybridized carbons (Fsp3) is 0.429. The number of hydrogen-bond acceptors (Lipinski definition) is 2. The van der Waals surface area contributed by atoms with Crippen LogP contribution in [-0.4, -0.2) is 18.3 Å². The van der Waals surface area contributed by atoms with Crippen LogP contribution >= 0.6 is 0 Å². The predicted molar refractivity (Wildman–Crippen MR) is 70.1 cm³/mol. The maximum Gasteiger partial charge on any atom is 0.496 e. The number of hydrogen-bond donors (Lipinski definition) is 0. The SMILES string of the molecule is C#Cc1c(F)cccc1B1OC(C)(C)C(C)(C)O1. The van der Waals surface area contributed by atoms with Crippen molar-refractivity contribution in [2.75, 3.05) is 0 Å². The van der Waals surface area contributed by atoms with Gasteiger partial charge < -0.3 is 9.31 Å². The zero-order valence-electron chi connectivity index (χ0n) is 11.1. The topological polar surface area (TPSA) is 18.5 Å². The van der Waals surface area contributed by atoms with Crippen LogP contribution in [0.2, 0.25) is 0 Å². The minimum Gasteiger partial charge on any atom is -0.399 e. The van der Waals surface area contributed by atoms with E-state index in [9.17, 15) is 4.39 Å². The Morgan fingerprint density at radius 2 is 1.72 bits per heavy atom. The standard InChI is InChI=1S/C14H16BFO2/c1-6-10-11(8-7-9-12(10)16)15-17-13(2,3)14(4,5)18-15/h1,7-9H,2-5H3. The molecule has 0 N–H and O–H groups in total. The van der Waals surface area contributed by atoms with Crippen LogP contribution in [0.25, 0.3) is 0 Å². The highest BCUT2D eigenvalue weighted by Gasteiger charge is 2.52. The molecule has 0 saturated carbocycles.